The standard InChI is InChI=1S/C14H8N6O2/c21-13-9-10(12(20-13)8-6-16-2-4-18-8)14(22)19-11(9)7-5-15-1-3-17-7/h1-6,19,22H. The Labute approximate surface area is 123 Å². The van der Waals surface area contributed by atoms with Crippen molar-refractivity contribution in [1.29, 1.82) is 0 Å². The zero-order chi connectivity index (χ0) is 15.1. The van der Waals surface area contributed by atoms with Crippen molar-refractivity contribution in [3.63, 3.8) is 0 Å². The van der Waals surface area contributed by atoms with Crippen LogP contribution in [0.5, 0.6) is 5.88 Å². The van der Waals surface area contributed by atoms with Gasteiger partial charge in [-0.2, -0.15) is 0 Å². The van der Waals surface area contributed by atoms with Crippen LogP contribution in [0.15, 0.2) is 42.2 Å². The van der Waals surface area contributed by atoms with Gasteiger partial charge >= 0.3 is 0 Å². The van der Waals surface area contributed by atoms with Crippen LogP contribution in [0, 0.1) is 0 Å². The Morgan fingerprint density at radius 2 is 1.59 bits per heavy atom. The van der Waals surface area contributed by atoms with E-state index in [0.717, 1.165) is 0 Å². The fourth-order valence-electron chi connectivity index (χ4n) is 2.37. The van der Waals surface area contributed by atoms with Crippen LogP contribution in [0.1, 0.15) is 21.6 Å². The number of aromatic amines is 1. The summed E-state index contributed by atoms with van der Waals surface area (Å²) in [5.74, 6) is -0.626. The number of aliphatic imine (C=N–C) groups is 1. The third-order valence-electron chi connectivity index (χ3n) is 3.27. The lowest BCUT2D eigenvalue weighted by Gasteiger charge is -1.98. The quantitative estimate of drug-likeness (QED) is 0.726. The molecule has 0 aromatic carbocycles. The first-order chi connectivity index (χ1) is 10.8. The molecule has 4 rings (SSSR count). The molecule has 2 N–H and O–H groups in total. The van der Waals surface area contributed by atoms with Crippen molar-refractivity contribution in [3.8, 4) is 17.3 Å². The molecule has 3 aromatic rings. The van der Waals surface area contributed by atoms with Crippen LogP contribution >= 0.6 is 0 Å². The van der Waals surface area contributed by atoms with E-state index in [4.69, 9.17) is 0 Å². The monoisotopic (exact) mass is 292 g/mol. The highest BCUT2D eigenvalue weighted by Gasteiger charge is 2.34. The van der Waals surface area contributed by atoms with Crippen LogP contribution in [0.3, 0.4) is 0 Å². The number of aromatic hydroxyl groups is 1. The van der Waals surface area contributed by atoms with Gasteiger partial charge in [0.1, 0.15) is 17.1 Å². The van der Waals surface area contributed by atoms with Crippen molar-refractivity contribution in [2.75, 3.05) is 0 Å². The van der Waals surface area contributed by atoms with E-state index in [9.17, 15) is 9.90 Å². The molecule has 0 atom stereocenters. The maximum Gasteiger partial charge on any atom is 0.280 e. The molecule has 0 spiro atoms. The zero-order valence-electron chi connectivity index (χ0n) is 11.1. The summed E-state index contributed by atoms with van der Waals surface area (Å²) in [6, 6.07) is 0. The molecule has 0 unspecified atom stereocenters. The first kappa shape index (κ1) is 12.3. The van der Waals surface area contributed by atoms with E-state index in [1.807, 2.05) is 0 Å². The molecule has 8 nitrogen and oxygen atoms in total. The average molecular weight is 292 g/mol. The van der Waals surface area contributed by atoms with Crippen molar-refractivity contribution < 1.29 is 9.90 Å². The Bertz CT molecular complexity index is 902. The minimum atomic E-state index is -0.465. The number of hydrogen-bond acceptors (Lipinski definition) is 6. The van der Waals surface area contributed by atoms with Gasteiger partial charge in [-0.25, -0.2) is 4.99 Å². The van der Waals surface area contributed by atoms with E-state index >= 15 is 0 Å². The van der Waals surface area contributed by atoms with Crippen LogP contribution in [-0.4, -0.2) is 41.6 Å². The Hall–Kier alpha value is -3.42. The highest BCUT2D eigenvalue weighted by atomic mass is 16.3. The van der Waals surface area contributed by atoms with Gasteiger partial charge in [-0.1, -0.05) is 0 Å². The molecule has 1 aliphatic heterocycles. The van der Waals surface area contributed by atoms with Crippen LogP contribution in [0.4, 0.5) is 0 Å². The third kappa shape index (κ3) is 1.71. The summed E-state index contributed by atoms with van der Waals surface area (Å²) >= 11 is 0. The smallest absolute Gasteiger partial charge is 0.280 e. The lowest BCUT2D eigenvalue weighted by molar-refractivity contribution is 0.101. The van der Waals surface area contributed by atoms with Gasteiger partial charge in [0, 0.05) is 24.8 Å². The summed E-state index contributed by atoms with van der Waals surface area (Å²) in [6.07, 6.45) is 9.02. The first-order valence-corrected chi connectivity index (χ1v) is 6.37. The van der Waals surface area contributed by atoms with Crippen LogP contribution in [0.2, 0.25) is 0 Å². The molecule has 0 fully saturated rings. The minimum absolute atomic E-state index is 0.161. The van der Waals surface area contributed by atoms with Gasteiger partial charge < -0.3 is 10.1 Å². The van der Waals surface area contributed by atoms with E-state index in [0.29, 0.717) is 22.6 Å². The van der Waals surface area contributed by atoms with Crippen molar-refractivity contribution in [3.05, 3.63) is 54.0 Å². The summed E-state index contributed by atoms with van der Waals surface area (Å²) < 4.78 is 0. The lowest BCUT2D eigenvalue weighted by Crippen LogP contribution is -2.03. The molecule has 0 saturated heterocycles. The molecule has 0 saturated carbocycles. The number of rotatable bonds is 2. The SMILES string of the molecule is O=C1N=C(c2cnccn2)c2c(O)[nH]c(-c3cnccn3)c21. The predicted molar refractivity (Wildman–Crippen MR) is 75.5 cm³/mol. The largest absolute Gasteiger partial charge is 0.494 e. The van der Waals surface area contributed by atoms with Crippen molar-refractivity contribution >= 4 is 11.6 Å². The second-order valence-corrected chi connectivity index (χ2v) is 4.55. The molecule has 106 valence electrons. The lowest BCUT2D eigenvalue weighted by atomic mass is 10.1. The number of nitrogens with zero attached hydrogens (tertiary/aromatic N) is 5. The van der Waals surface area contributed by atoms with Gasteiger partial charge in [0.25, 0.3) is 5.91 Å². The number of nitrogens with one attached hydrogen (secondary N) is 1. The summed E-state index contributed by atoms with van der Waals surface area (Å²) in [6.45, 7) is 0. The van der Waals surface area contributed by atoms with Crippen molar-refractivity contribution in [2.45, 2.75) is 0 Å². The molecule has 4 heterocycles. The number of fused-ring (bicyclic) bond motifs is 1. The van der Waals surface area contributed by atoms with Crippen LogP contribution < -0.4 is 0 Å². The fourth-order valence-corrected chi connectivity index (χ4v) is 2.37. The van der Waals surface area contributed by atoms with E-state index in [1.54, 1.807) is 0 Å². The summed E-state index contributed by atoms with van der Waals surface area (Å²) in [7, 11) is 0. The summed E-state index contributed by atoms with van der Waals surface area (Å²) in [5, 5.41) is 10.2. The highest BCUT2D eigenvalue weighted by Crippen LogP contribution is 2.36. The molecule has 1 amide bonds. The second-order valence-electron chi connectivity index (χ2n) is 4.55. The Morgan fingerprint density at radius 3 is 2.23 bits per heavy atom. The van der Waals surface area contributed by atoms with Crippen LogP contribution in [0.25, 0.3) is 11.4 Å². The molecule has 22 heavy (non-hydrogen) atoms. The number of H-pyrrole nitrogens is 1. The van der Waals surface area contributed by atoms with Gasteiger partial charge in [0.05, 0.1) is 29.2 Å². The topological polar surface area (TPSA) is 117 Å². The molecule has 3 aromatic heterocycles. The van der Waals surface area contributed by atoms with Crippen molar-refractivity contribution in [2.24, 2.45) is 4.99 Å². The van der Waals surface area contributed by atoms with Gasteiger partial charge in [-0.15, -0.1) is 0 Å². The molecule has 0 aliphatic carbocycles. The van der Waals surface area contributed by atoms with Crippen molar-refractivity contribution in [1.82, 2.24) is 24.9 Å². The van der Waals surface area contributed by atoms with Crippen LogP contribution in [-0.2, 0) is 0 Å². The highest BCUT2D eigenvalue weighted by molar-refractivity contribution is 6.29. The maximum absolute atomic E-state index is 12.2. The predicted octanol–water partition coefficient (Wildman–Crippen LogP) is 0.958. The molecule has 0 radical (unpaired) electrons. The number of carbonyl (C=O) groups is 1. The molecule has 1 aliphatic rings. The Kier molecular flexibility index (Phi) is 2.55. The Balaban J connectivity index is 1.92. The third-order valence-corrected chi connectivity index (χ3v) is 3.27. The van der Waals surface area contributed by atoms with Gasteiger partial charge in [0.2, 0.25) is 0 Å². The minimum Gasteiger partial charge on any atom is -0.494 e. The second kappa shape index (κ2) is 4.55. The number of hydrogen-bond donors (Lipinski definition) is 2. The van der Waals surface area contributed by atoms with Gasteiger partial charge in [-0.3, -0.25) is 24.7 Å². The first-order valence-electron chi connectivity index (χ1n) is 6.37. The number of carbonyl (C=O) groups excluding carboxylic acids is 1. The van der Waals surface area contributed by atoms with E-state index in [-0.39, 0.29) is 17.2 Å². The number of aromatic nitrogens is 5. The normalized spacial score (nSPS) is 13.1. The molecule has 8 heteroatoms. The summed E-state index contributed by atoms with van der Waals surface area (Å²) in [4.78, 5) is 35.2. The van der Waals surface area contributed by atoms with Gasteiger partial charge in [-0.05, 0) is 0 Å². The average Bonchev–Trinajstić information content (AvgIpc) is 3.09. The number of amides is 1. The van der Waals surface area contributed by atoms with E-state index in [2.05, 4.69) is 29.9 Å². The van der Waals surface area contributed by atoms with E-state index in [1.165, 1.54) is 37.2 Å². The molecular weight excluding hydrogens is 284 g/mol. The fraction of sp³-hybridized carbons (Fsp3) is 0. The molecular formula is C14H8N6O2. The Morgan fingerprint density at radius 1 is 0.909 bits per heavy atom. The van der Waals surface area contributed by atoms with Gasteiger partial charge in [0.15, 0.2) is 5.88 Å². The maximum atomic E-state index is 12.2. The van der Waals surface area contributed by atoms with E-state index < -0.39 is 5.91 Å². The zero-order valence-corrected chi connectivity index (χ0v) is 11.1. The summed E-state index contributed by atoms with van der Waals surface area (Å²) in [5.41, 5.74) is 2.10. The molecule has 0 bridgehead atoms.